The highest BCUT2D eigenvalue weighted by molar-refractivity contribution is 6.28. The van der Waals surface area contributed by atoms with E-state index in [4.69, 9.17) is 25.5 Å². The summed E-state index contributed by atoms with van der Waals surface area (Å²) in [5.41, 5.74) is 0.476. The quantitative estimate of drug-likeness (QED) is 0.769. The first-order valence-corrected chi connectivity index (χ1v) is 9.89. The van der Waals surface area contributed by atoms with Gasteiger partial charge >= 0.3 is 5.97 Å². The van der Waals surface area contributed by atoms with Crippen LogP contribution in [0.15, 0.2) is 40.8 Å². The zero-order valence-corrected chi connectivity index (χ0v) is 16.5. The van der Waals surface area contributed by atoms with Gasteiger partial charge in [0.15, 0.2) is 5.22 Å². The second-order valence-electron chi connectivity index (χ2n) is 7.63. The van der Waals surface area contributed by atoms with Crippen LogP contribution in [0.5, 0.6) is 5.75 Å². The predicted molar refractivity (Wildman–Crippen MR) is 103 cm³/mol. The summed E-state index contributed by atoms with van der Waals surface area (Å²) in [6.45, 7) is 2.63. The fourth-order valence-electron chi connectivity index (χ4n) is 4.36. The van der Waals surface area contributed by atoms with Crippen molar-refractivity contribution in [3.8, 4) is 5.75 Å². The van der Waals surface area contributed by atoms with Crippen LogP contribution in [0.3, 0.4) is 0 Å². The van der Waals surface area contributed by atoms with Gasteiger partial charge in [-0.15, -0.1) is 0 Å². The molecule has 1 N–H and O–H groups in total. The summed E-state index contributed by atoms with van der Waals surface area (Å²) in [5, 5.41) is 11.0. The minimum atomic E-state index is -0.500. The van der Waals surface area contributed by atoms with Crippen LogP contribution < -0.4 is 4.74 Å². The van der Waals surface area contributed by atoms with E-state index in [1.165, 1.54) is 7.11 Å². The molecular weight excluding hydrogens is 382 g/mol. The molecule has 0 amide bonds. The number of aliphatic hydroxyl groups excluding tert-OH is 1. The number of rotatable bonds is 5. The number of aliphatic hydroxyl groups is 1. The second kappa shape index (κ2) is 8.15. The Bertz CT molecular complexity index is 820. The van der Waals surface area contributed by atoms with Gasteiger partial charge in [0.05, 0.1) is 25.3 Å². The van der Waals surface area contributed by atoms with Gasteiger partial charge < -0.3 is 19.0 Å². The van der Waals surface area contributed by atoms with Crippen LogP contribution in [-0.4, -0.2) is 48.4 Å². The molecule has 1 aliphatic heterocycles. The van der Waals surface area contributed by atoms with E-state index in [1.807, 2.05) is 6.07 Å². The molecule has 4 atom stereocenters. The molecule has 4 rings (SSSR count). The second-order valence-corrected chi connectivity index (χ2v) is 8.00. The minimum absolute atomic E-state index is 0.247. The van der Waals surface area contributed by atoms with E-state index in [1.54, 1.807) is 30.3 Å². The first-order valence-electron chi connectivity index (χ1n) is 9.51. The van der Waals surface area contributed by atoms with Gasteiger partial charge in [0, 0.05) is 13.1 Å². The molecule has 0 unspecified atom stereocenters. The summed E-state index contributed by atoms with van der Waals surface area (Å²) in [5.74, 6) is 2.07. The number of carbonyl (C=O) groups is 1. The number of fused-ring (bicyclic) bond motifs is 1. The Morgan fingerprint density at radius 2 is 1.89 bits per heavy atom. The maximum absolute atomic E-state index is 11.5. The maximum Gasteiger partial charge on any atom is 0.337 e. The van der Waals surface area contributed by atoms with Gasteiger partial charge in [-0.3, -0.25) is 4.90 Å². The van der Waals surface area contributed by atoms with Crippen molar-refractivity contribution in [2.24, 2.45) is 11.8 Å². The number of benzene rings is 1. The van der Waals surface area contributed by atoms with E-state index in [-0.39, 0.29) is 12.1 Å². The smallest absolute Gasteiger partial charge is 0.337 e. The number of likely N-dealkylation sites (tertiary alicyclic amines) is 1. The van der Waals surface area contributed by atoms with Crippen LogP contribution >= 0.6 is 11.6 Å². The van der Waals surface area contributed by atoms with Gasteiger partial charge in [0.25, 0.3) is 0 Å². The lowest BCUT2D eigenvalue weighted by Crippen LogP contribution is -2.42. The highest BCUT2D eigenvalue weighted by Crippen LogP contribution is 2.38. The molecule has 2 aliphatic rings. The fourth-order valence-corrected chi connectivity index (χ4v) is 4.52. The van der Waals surface area contributed by atoms with Crippen LogP contribution in [0.4, 0.5) is 0 Å². The van der Waals surface area contributed by atoms with Crippen LogP contribution in [0.2, 0.25) is 5.22 Å². The molecule has 1 aromatic heterocycles. The summed E-state index contributed by atoms with van der Waals surface area (Å²) in [6, 6.07) is 10.5. The Labute approximate surface area is 169 Å². The lowest BCUT2D eigenvalue weighted by molar-refractivity contribution is -0.0231. The number of hydrogen-bond acceptors (Lipinski definition) is 6. The molecule has 1 aliphatic carbocycles. The zero-order chi connectivity index (χ0) is 19.7. The largest absolute Gasteiger partial charge is 0.488 e. The average Bonchev–Trinajstić information content (AvgIpc) is 3.27. The lowest BCUT2D eigenvalue weighted by atomic mass is 9.78. The third-order valence-electron chi connectivity index (χ3n) is 5.73. The van der Waals surface area contributed by atoms with Gasteiger partial charge in [0.1, 0.15) is 17.6 Å². The number of esters is 1. The SMILES string of the molecule is COC(=O)c1ccc(O[C@H]2C[C@@H]3CN(Cc4ccc(Cl)o4)C[C@@H]3C[C@@H]2O)cc1. The van der Waals surface area contributed by atoms with Gasteiger partial charge in [0.2, 0.25) is 0 Å². The standard InChI is InChI=1S/C21H24ClNO5/c1-26-21(25)13-2-4-16(5-3-13)27-19-9-15-11-23(10-14(15)8-18(19)24)12-17-6-7-20(22)28-17/h2-7,14-15,18-19,24H,8-12H2,1H3/t14-,15+,18-,19-/m0/s1. The first-order chi connectivity index (χ1) is 13.5. The Morgan fingerprint density at radius 1 is 1.18 bits per heavy atom. The molecule has 1 aromatic carbocycles. The van der Waals surface area contributed by atoms with E-state index < -0.39 is 6.10 Å². The molecule has 2 aromatic rings. The molecule has 2 heterocycles. The van der Waals surface area contributed by atoms with E-state index in [2.05, 4.69) is 4.90 Å². The minimum Gasteiger partial charge on any atom is -0.488 e. The third-order valence-corrected chi connectivity index (χ3v) is 5.93. The summed E-state index contributed by atoms with van der Waals surface area (Å²) in [6.07, 6.45) is 0.785. The molecule has 0 radical (unpaired) electrons. The van der Waals surface area contributed by atoms with Crippen molar-refractivity contribution in [2.75, 3.05) is 20.2 Å². The van der Waals surface area contributed by atoms with Gasteiger partial charge in [-0.2, -0.15) is 0 Å². The van der Waals surface area contributed by atoms with Crippen LogP contribution in [0.1, 0.15) is 29.0 Å². The molecule has 0 bridgehead atoms. The number of halogens is 1. The predicted octanol–water partition coefficient (Wildman–Crippen LogP) is 3.37. The van der Waals surface area contributed by atoms with E-state index in [0.29, 0.717) is 28.4 Å². The molecular formula is C21H24ClNO5. The van der Waals surface area contributed by atoms with Crippen molar-refractivity contribution >= 4 is 17.6 Å². The zero-order valence-electron chi connectivity index (χ0n) is 15.7. The Morgan fingerprint density at radius 3 is 2.54 bits per heavy atom. The maximum atomic E-state index is 11.5. The van der Waals surface area contributed by atoms with Gasteiger partial charge in [-0.1, -0.05) is 0 Å². The van der Waals surface area contributed by atoms with Crippen LogP contribution in [0.25, 0.3) is 0 Å². The molecule has 1 saturated carbocycles. The monoisotopic (exact) mass is 405 g/mol. The first kappa shape index (κ1) is 19.3. The van der Waals surface area contributed by atoms with Crippen molar-refractivity contribution in [1.29, 1.82) is 0 Å². The summed E-state index contributed by atoms with van der Waals surface area (Å²) in [4.78, 5) is 13.9. The Kier molecular flexibility index (Phi) is 5.62. The van der Waals surface area contributed by atoms with Crippen molar-refractivity contribution in [1.82, 2.24) is 4.90 Å². The Balaban J connectivity index is 1.35. The highest BCUT2D eigenvalue weighted by Gasteiger charge is 2.42. The molecule has 0 spiro atoms. The topological polar surface area (TPSA) is 72.1 Å². The number of ether oxygens (including phenoxy) is 2. The number of nitrogens with zero attached hydrogens (tertiary/aromatic N) is 1. The molecule has 7 heteroatoms. The van der Waals surface area contributed by atoms with Crippen molar-refractivity contribution in [2.45, 2.75) is 31.6 Å². The highest BCUT2D eigenvalue weighted by atomic mass is 35.5. The Hall–Kier alpha value is -2.02. The fraction of sp³-hybridized carbons (Fsp3) is 0.476. The van der Waals surface area contributed by atoms with Gasteiger partial charge in [-0.05, 0) is 72.7 Å². The molecule has 28 heavy (non-hydrogen) atoms. The van der Waals surface area contributed by atoms with Crippen molar-refractivity contribution in [3.63, 3.8) is 0 Å². The third kappa shape index (κ3) is 4.19. The van der Waals surface area contributed by atoms with Crippen molar-refractivity contribution < 1.29 is 23.8 Å². The summed E-state index contributed by atoms with van der Waals surface area (Å²) < 4.78 is 16.2. The molecule has 6 nitrogen and oxygen atoms in total. The number of hydrogen-bond donors (Lipinski definition) is 1. The molecule has 2 fully saturated rings. The van der Waals surface area contributed by atoms with Crippen LogP contribution in [-0.2, 0) is 11.3 Å². The average molecular weight is 406 g/mol. The normalized spacial score (nSPS) is 27.4. The number of furan rings is 1. The van der Waals surface area contributed by atoms with E-state index in [9.17, 15) is 9.90 Å². The van der Waals surface area contributed by atoms with E-state index >= 15 is 0 Å². The molecule has 1 saturated heterocycles. The van der Waals surface area contributed by atoms with Crippen LogP contribution in [0, 0.1) is 11.8 Å². The molecule has 150 valence electrons. The number of methoxy groups -OCH3 is 1. The number of carbonyl (C=O) groups excluding carboxylic acids is 1. The lowest BCUT2D eigenvalue weighted by Gasteiger charge is -2.35. The summed E-state index contributed by atoms with van der Waals surface area (Å²) >= 11 is 5.86. The summed E-state index contributed by atoms with van der Waals surface area (Å²) in [7, 11) is 1.35. The van der Waals surface area contributed by atoms with E-state index in [0.717, 1.165) is 38.2 Å². The van der Waals surface area contributed by atoms with Crippen molar-refractivity contribution in [3.05, 3.63) is 52.9 Å². The van der Waals surface area contributed by atoms with Gasteiger partial charge in [-0.25, -0.2) is 4.79 Å².